The fraction of sp³-hybridized carbons (Fsp3) is 0.462. The molecule has 1 fully saturated rings. The van der Waals surface area contributed by atoms with Crippen molar-refractivity contribution in [1.82, 2.24) is 4.90 Å². The van der Waals surface area contributed by atoms with Gasteiger partial charge in [0.15, 0.2) is 0 Å². The molecule has 0 aliphatic carbocycles. The number of likely N-dealkylation sites (tertiary alicyclic amines) is 1. The number of nitrogens with zero attached hydrogens (tertiary/aromatic N) is 1. The van der Waals surface area contributed by atoms with Gasteiger partial charge in [0.05, 0.1) is 5.56 Å². The van der Waals surface area contributed by atoms with Crippen molar-refractivity contribution in [2.45, 2.75) is 25.3 Å². The average molecular weight is 254 g/mol. The number of nitrogens with two attached hydrogens (primary N) is 1. The molecule has 3 nitrogen and oxygen atoms in total. The first-order valence-corrected chi connectivity index (χ1v) is 6.09. The molecule has 1 atom stereocenters. The number of rotatable bonds is 2. The zero-order valence-electron chi connectivity index (χ0n) is 10.0. The molecule has 1 unspecified atom stereocenters. The molecular weight excluding hydrogens is 238 g/mol. The first kappa shape index (κ1) is 13.0. The summed E-state index contributed by atoms with van der Waals surface area (Å²) in [5.41, 5.74) is 5.54. The molecule has 0 saturated carbocycles. The Bertz CT molecular complexity index is 451. The van der Waals surface area contributed by atoms with Crippen LogP contribution in [-0.2, 0) is 0 Å². The lowest BCUT2D eigenvalue weighted by atomic mass is 10.0. The summed E-state index contributed by atoms with van der Waals surface area (Å²) < 4.78 is 26.4. The Kier molecular flexibility index (Phi) is 3.91. The van der Waals surface area contributed by atoms with E-state index in [2.05, 4.69) is 0 Å². The van der Waals surface area contributed by atoms with Gasteiger partial charge in [-0.15, -0.1) is 0 Å². The van der Waals surface area contributed by atoms with E-state index in [1.165, 1.54) is 6.07 Å². The highest BCUT2D eigenvalue weighted by Gasteiger charge is 2.27. The summed E-state index contributed by atoms with van der Waals surface area (Å²) in [5, 5.41) is 0. The van der Waals surface area contributed by atoms with Crippen molar-refractivity contribution < 1.29 is 13.6 Å². The lowest BCUT2D eigenvalue weighted by molar-refractivity contribution is 0.0618. The number of amides is 1. The largest absolute Gasteiger partial charge is 0.334 e. The molecule has 1 aliphatic rings. The van der Waals surface area contributed by atoms with Gasteiger partial charge in [-0.3, -0.25) is 4.79 Å². The van der Waals surface area contributed by atoms with Crippen molar-refractivity contribution in [3.05, 3.63) is 35.4 Å². The molecule has 0 aromatic heterocycles. The topological polar surface area (TPSA) is 46.3 Å². The van der Waals surface area contributed by atoms with Crippen molar-refractivity contribution >= 4 is 5.91 Å². The minimum Gasteiger partial charge on any atom is -0.334 e. The Labute approximate surface area is 105 Å². The minimum atomic E-state index is -0.818. The van der Waals surface area contributed by atoms with Crippen LogP contribution in [0.25, 0.3) is 0 Å². The summed E-state index contributed by atoms with van der Waals surface area (Å²) >= 11 is 0. The first-order valence-electron chi connectivity index (χ1n) is 6.09. The number of piperidine rings is 1. The smallest absolute Gasteiger partial charge is 0.257 e. The van der Waals surface area contributed by atoms with E-state index in [1.807, 2.05) is 0 Å². The van der Waals surface area contributed by atoms with Crippen molar-refractivity contribution in [3.8, 4) is 0 Å². The number of hydrogen-bond acceptors (Lipinski definition) is 2. The zero-order chi connectivity index (χ0) is 13.1. The summed E-state index contributed by atoms with van der Waals surface area (Å²) in [6, 6.07) is 2.97. The van der Waals surface area contributed by atoms with Gasteiger partial charge in [-0.05, 0) is 31.4 Å². The SMILES string of the molecule is NCC1CCCCN1C(=O)c1ccc(F)cc1F. The highest BCUT2D eigenvalue weighted by atomic mass is 19.1. The van der Waals surface area contributed by atoms with Gasteiger partial charge in [0.1, 0.15) is 11.6 Å². The summed E-state index contributed by atoms with van der Waals surface area (Å²) in [5.74, 6) is -1.90. The molecule has 0 bridgehead atoms. The second-order valence-electron chi connectivity index (χ2n) is 4.51. The Morgan fingerprint density at radius 3 is 2.83 bits per heavy atom. The number of hydrogen-bond donors (Lipinski definition) is 1. The van der Waals surface area contributed by atoms with E-state index in [0.29, 0.717) is 13.1 Å². The van der Waals surface area contributed by atoms with Crippen LogP contribution < -0.4 is 5.73 Å². The van der Waals surface area contributed by atoms with Gasteiger partial charge in [0, 0.05) is 25.2 Å². The van der Waals surface area contributed by atoms with E-state index in [9.17, 15) is 13.6 Å². The van der Waals surface area contributed by atoms with Crippen LogP contribution in [0.4, 0.5) is 8.78 Å². The van der Waals surface area contributed by atoms with Gasteiger partial charge in [-0.25, -0.2) is 8.78 Å². The molecule has 1 heterocycles. The second kappa shape index (κ2) is 5.44. The fourth-order valence-electron chi connectivity index (χ4n) is 2.33. The summed E-state index contributed by atoms with van der Waals surface area (Å²) in [6.45, 7) is 0.950. The predicted molar refractivity (Wildman–Crippen MR) is 64.1 cm³/mol. The minimum absolute atomic E-state index is 0.0456. The fourth-order valence-corrected chi connectivity index (χ4v) is 2.33. The third kappa shape index (κ3) is 2.51. The Morgan fingerprint density at radius 2 is 2.17 bits per heavy atom. The van der Waals surface area contributed by atoms with Crippen LogP contribution in [0.15, 0.2) is 18.2 Å². The van der Waals surface area contributed by atoms with Crippen molar-refractivity contribution in [2.75, 3.05) is 13.1 Å². The molecule has 2 N–H and O–H groups in total. The van der Waals surface area contributed by atoms with E-state index >= 15 is 0 Å². The zero-order valence-corrected chi connectivity index (χ0v) is 10.0. The van der Waals surface area contributed by atoms with Gasteiger partial charge in [0.25, 0.3) is 5.91 Å². The summed E-state index contributed by atoms with van der Waals surface area (Å²) in [4.78, 5) is 13.8. The molecule has 18 heavy (non-hydrogen) atoms. The van der Waals surface area contributed by atoms with Crippen molar-refractivity contribution in [2.24, 2.45) is 5.73 Å². The highest BCUT2D eigenvalue weighted by Crippen LogP contribution is 2.20. The monoisotopic (exact) mass is 254 g/mol. The van der Waals surface area contributed by atoms with E-state index in [1.54, 1.807) is 4.90 Å². The third-order valence-corrected chi connectivity index (χ3v) is 3.32. The molecule has 1 amide bonds. The summed E-state index contributed by atoms with van der Waals surface area (Å²) in [7, 11) is 0. The maximum atomic E-state index is 13.6. The Hall–Kier alpha value is -1.49. The van der Waals surface area contributed by atoms with Crippen LogP contribution in [0.1, 0.15) is 29.6 Å². The Balaban J connectivity index is 2.24. The maximum Gasteiger partial charge on any atom is 0.257 e. The number of carbonyl (C=O) groups is 1. The second-order valence-corrected chi connectivity index (χ2v) is 4.51. The van der Waals surface area contributed by atoms with Crippen LogP contribution in [0.2, 0.25) is 0 Å². The predicted octanol–water partition coefficient (Wildman–Crippen LogP) is 1.92. The van der Waals surface area contributed by atoms with E-state index in [0.717, 1.165) is 31.4 Å². The molecule has 5 heteroatoms. The van der Waals surface area contributed by atoms with E-state index < -0.39 is 17.5 Å². The summed E-state index contributed by atoms with van der Waals surface area (Å²) in [6.07, 6.45) is 2.76. The number of halogens is 2. The van der Waals surface area contributed by atoms with Crippen LogP contribution in [0.3, 0.4) is 0 Å². The number of benzene rings is 1. The molecule has 2 rings (SSSR count). The van der Waals surface area contributed by atoms with Gasteiger partial charge >= 0.3 is 0 Å². The van der Waals surface area contributed by atoms with Crippen LogP contribution in [0, 0.1) is 11.6 Å². The average Bonchev–Trinajstić information content (AvgIpc) is 2.38. The van der Waals surface area contributed by atoms with Gasteiger partial charge in [-0.2, -0.15) is 0 Å². The molecule has 0 radical (unpaired) electrons. The van der Waals surface area contributed by atoms with Crippen molar-refractivity contribution in [1.29, 1.82) is 0 Å². The molecule has 1 aromatic rings. The maximum absolute atomic E-state index is 13.6. The number of carbonyl (C=O) groups excluding carboxylic acids is 1. The molecule has 1 aliphatic heterocycles. The van der Waals surface area contributed by atoms with E-state index in [4.69, 9.17) is 5.73 Å². The first-order chi connectivity index (χ1) is 8.63. The molecule has 98 valence electrons. The van der Waals surface area contributed by atoms with Gasteiger partial charge in [0.2, 0.25) is 0 Å². The lowest BCUT2D eigenvalue weighted by Gasteiger charge is -2.35. The molecule has 1 aromatic carbocycles. The lowest BCUT2D eigenvalue weighted by Crippen LogP contribution is -2.47. The third-order valence-electron chi connectivity index (χ3n) is 3.32. The van der Waals surface area contributed by atoms with Crippen LogP contribution in [-0.4, -0.2) is 29.9 Å². The molecule has 1 saturated heterocycles. The molecule has 0 spiro atoms. The quantitative estimate of drug-likeness (QED) is 0.876. The van der Waals surface area contributed by atoms with Crippen LogP contribution >= 0.6 is 0 Å². The standard InChI is InChI=1S/C13H16F2N2O/c14-9-4-5-11(12(15)7-9)13(18)17-6-2-1-3-10(17)8-16/h4-5,7,10H,1-3,6,8,16H2. The normalized spacial score (nSPS) is 19.9. The molecular formula is C13H16F2N2O. The van der Waals surface area contributed by atoms with Crippen molar-refractivity contribution in [3.63, 3.8) is 0 Å². The van der Waals surface area contributed by atoms with E-state index in [-0.39, 0.29) is 11.6 Å². The van der Waals surface area contributed by atoms with Gasteiger partial charge in [-0.1, -0.05) is 0 Å². The highest BCUT2D eigenvalue weighted by molar-refractivity contribution is 5.94. The van der Waals surface area contributed by atoms with Crippen LogP contribution in [0.5, 0.6) is 0 Å². The van der Waals surface area contributed by atoms with Gasteiger partial charge < -0.3 is 10.6 Å². The Morgan fingerprint density at radius 1 is 1.39 bits per heavy atom.